The van der Waals surface area contributed by atoms with Gasteiger partial charge < -0.3 is 9.64 Å². The van der Waals surface area contributed by atoms with Crippen molar-refractivity contribution < 1.29 is 17.9 Å². The number of nitrogens with zero attached hydrogens (tertiary/aromatic N) is 2. The number of methoxy groups -OCH3 is 1. The van der Waals surface area contributed by atoms with Gasteiger partial charge in [0.05, 0.1) is 7.11 Å². The predicted molar refractivity (Wildman–Crippen MR) is 94.9 cm³/mol. The van der Waals surface area contributed by atoms with Gasteiger partial charge in [-0.2, -0.15) is 4.31 Å². The summed E-state index contributed by atoms with van der Waals surface area (Å²) in [5, 5.41) is 0. The van der Waals surface area contributed by atoms with Crippen LogP contribution in [0.15, 0.2) is 23.1 Å². The van der Waals surface area contributed by atoms with Gasteiger partial charge in [-0.15, -0.1) is 0 Å². The Morgan fingerprint density at radius 2 is 1.79 bits per heavy atom. The van der Waals surface area contributed by atoms with Crippen LogP contribution < -0.4 is 4.74 Å². The second kappa shape index (κ2) is 8.48. The first-order valence-corrected chi connectivity index (χ1v) is 9.56. The Balaban J connectivity index is 3.34. The van der Waals surface area contributed by atoms with Gasteiger partial charge in [-0.05, 0) is 24.1 Å². The summed E-state index contributed by atoms with van der Waals surface area (Å²) in [5.41, 5.74) is 0.338. The molecule has 0 aliphatic rings. The molecule has 0 aliphatic heterocycles. The van der Waals surface area contributed by atoms with Gasteiger partial charge in [-0.25, -0.2) is 8.42 Å². The SMILES string of the molecule is CCN(CC)S(=O)(=O)c1cc(C(=O)N(C)CC(C)C)ccc1OC. The van der Waals surface area contributed by atoms with E-state index in [0.29, 0.717) is 31.1 Å². The molecule has 0 aromatic heterocycles. The third-order valence-electron chi connectivity index (χ3n) is 3.72. The van der Waals surface area contributed by atoms with Crippen LogP contribution in [0.25, 0.3) is 0 Å². The number of sulfonamides is 1. The molecule has 0 fully saturated rings. The molecule has 7 heteroatoms. The largest absolute Gasteiger partial charge is 0.495 e. The van der Waals surface area contributed by atoms with Gasteiger partial charge in [-0.1, -0.05) is 27.7 Å². The van der Waals surface area contributed by atoms with Crippen LogP contribution in [0.5, 0.6) is 5.75 Å². The van der Waals surface area contributed by atoms with Gasteiger partial charge in [0.25, 0.3) is 5.91 Å². The van der Waals surface area contributed by atoms with Crippen molar-refractivity contribution in [2.24, 2.45) is 5.92 Å². The molecule has 136 valence electrons. The number of carbonyl (C=O) groups excluding carboxylic acids is 1. The van der Waals surface area contributed by atoms with E-state index in [0.717, 1.165) is 0 Å². The Labute approximate surface area is 145 Å². The molecule has 0 radical (unpaired) electrons. The van der Waals surface area contributed by atoms with E-state index in [1.165, 1.54) is 23.5 Å². The quantitative estimate of drug-likeness (QED) is 0.717. The normalized spacial score (nSPS) is 11.8. The zero-order valence-electron chi connectivity index (χ0n) is 15.4. The maximum atomic E-state index is 12.8. The minimum Gasteiger partial charge on any atom is -0.495 e. The van der Waals surface area contributed by atoms with Gasteiger partial charge in [0.2, 0.25) is 10.0 Å². The highest BCUT2D eigenvalue weighted by Crippen LogP contribution is 2.28. The highest BCUT2D eigenvalue weighted by molar-refractivity contribution is 7.89. The number of amides is 1. The van der Waals surface area contributed by atoms with Crippen molar-refractivity contribution in [1.82, 2.24) is 9.21 Å². The first-order valence-electron chi connectivity index (χ1n) is 8.12. The lowest BCUT2D eigenvalue weighted by atomic mass is 10.1. The van der Waals surface area contributed by atoms with E-state index in [2.05, 4.69) is 0 Å². The fourth-order valence-electron chi connectivity index (χ4n) is 2.56. The molecule has 1 amide bonds. The Bertz CT molecular complexity index is 667. The first-order chi connectivity index (χ1) is 11.2. The summed E-state index contributed by atoms with van der Waals surface area (Å²) in [6.45, 7) is 8.91. The second-order valence-corrected chi connectivity index (χ2v) is 7.94. The zero-order chi connectivity index (χ0) is 18.5. The Hall–Kier alpha value is -1.60. The van der Waals surface area contributed by atoms with Gasteiger partial charge in [0.15, 0.2) is 0 Å². The lowest BCUT2D eigenvalue weighted by molar-refractivity contribution is 0.0779. The van der Waals surface area contributed by atoms with Crippen molar-refractivity contribution >= 4 is 15.9 Å². The Morgan fingerprint density at radius 3 is 2.25 bits per heavy atom. The van der Waals surface area contributed by atoms with E-state index < -0.39 is 10.0 Å². The van der Waals surface area contributed by atoms with Gasteiger partial charge in [0, 0.05) is 32.2 Å². The second-order valence-electron chi connectivity index (χ2n) is 6.03. The Kier molecular flexibility index (Phi) is 7.23. The molecule has 0 atom stereocenters. The number of hydrogen-bond acceptors (Lipinski definition) is 4. The number of carbonyl (C=O) groups is 1. The van der Waals surface area contributed by atoms with Crippen LogP contribution in [0.1, 0.15) is 38.1 Å². The van der Waals surface area contributed by atoms with Crippen molar-refractivity contribution in [3.63, 3.8) is 0 Å². The van der Waals surface area contributed by atoms with E-state index >= 15 is 0 Å². The third-order valence-corrected chi connectivity index (χ3v) is 5.79. The van der Waals surface area contributed by atoms with Crippen LogP contribution in [0, 0.1) is 5.92 Å². The summed E-state index contributed by atoms with van der Waals surface area (Å²) < 4.78 is 32.2. The molecule has 0 spiro atoms. The molecule has 0 saturated carbocycles. The van der Waals surface area contributed by atoms with Crippen LogP contribution >= 0.6 is 0 Å². The molecule has 0 unspecified atom stereocenters. The summed E-state index contributed by atoms with van der Waals surface area (Å²) in [7, 11) is -0.578. The maximum Gasteiger partial charge on any atom is 0.253 e. The molecular formula is C17H28N2O4S. The third kappa shape index (κ3) is 4.48. The van der Waals surface area contributed by atoms with Crippen molar-refractivity contribution in [3.8, 4) is 5.75 Å². The molecule has 1 aromatic rings. The smallest absolute Gasteiger partial charge is 0.253 e. The van der Waals surface area contributed by atoms with E-state index in [4.69, 9.17) is 4.74 Å². The van der Waals surface area contributed by atoms with Gasteiger partial charge in [-0.3, -0.25) is 4.79 Å². The molecule has 0 N–H and O–H groups in total. The monoisotopic (exact) mass is 356 g/mol. The first kappa shape index (κ1) is 20.4. The number of benzene rings is 1. The highest BCUT2D eigenvalue weighted by atomic mass is 32.2. The number of hydrogen-bond donors (Lipinski definition) is 0. The highest BCUT2D eigenvalue weighted by Gasteiger charge is 2.27. The Morgan fingerprint density at radius 1 is 1.21 bits per heavy atom. The minimum absolute atomic E-state index is 0.0255. The molecule has 0 saturated heterocycles. The summed E-state index contributed by atoms with van der Waals surface area (Å²) in [6.07, 6.45) is 0. The zero-order valence-corrected chi connectivity index (χ0v) is 16.2. The molecule has 6 nitrogen and oxygen atoms in total. The summed E-state index contributed by atoms with van der Waals surface area (Å²) >= 11 is 0. The van der Waals surface area contributed by atoms with E-state index in [1.54, 1.807) is 31.9 Å². The molecule has 0 bridgehead atoms. The standard InChI is InChI=1S/C17H28N2O4S/c1-7-19(8-2)24(21,22)16-11-14(9-10-15(16)23-6)17(20)18(5)12-13(3)4/h9-11,13H,7-8,12H2,1-6H3. The molecule has 0 aliphatic carbocycles. The van der Waals surface area contributed by atoms with E-state index in [-0.39, 0.29) is 16.6 Å². The van der Waals surface area contributed by atoms with E-state index in [9.17, 15) is 13.2 Å². The molecule has 1 rings (SSSR count). The lowest BCUT2D eigenvalue weighted by Crippen LogP contribution is -2.32. The maximum absolute atomic E-state index is 12.8. The van der Waals surface area contributed by atoms with Crippen molar-refractivity contribution in [2.45, 2.75) is 32.6 Å². The summed E-state index contributed by atoms with van der Waals surface area (Å²) in [5.74, 6) is 0.364. The summed E-state index contributed by atoms with van der Waals surface area (Å²) in [6, 6.07) is 4.54. The average molecular weight is 356 g/mol. The summed E-state index contributed by atoms with van der Waals surface area (Å²) in [4.78, 5) is 14.2. The van der Waals surface area contributed by atoms with Crippen LogP contribution in [-0.4, -0.2) is 57.3 Å². The lowest BCUT2D eigenvalue weighted by Gasteiger charge is -2.22. The number of rotatable bonds is 8. The fraction of sp³-hybridized carbons (Fsp3) is 0.588. The molecule has 0 heterocycles. The van der Waals surface area contributed by atoms with Gasteiger partial charge in [0.1, 0.15) is 10.6 Å². The molecular weight excluding hydrogens is 328 g/mol. The van der Waals surface area contributed by atoms with Crippen molar-refractivity contribution in [2.75, 3.05) is 33.8 Å². The van der Waals surface area contributed by atoms with Crippen LogP contribution in [0.2, 0.25) is 0 Å². The van der Waals surface area contributed by atoms with Crippen LogP contribution in [0.4, 0.5) is 0 Å². The molecule has 24 heavy (non-hydrogen) atoms. The van der Waals surface area contributed by atoms with Crippen molar-refractivity contribution in [1.29, 1.82) is 0 Å². The average Bonchev–Trinajstić information content (AvgIpc) is 2.53. The molecule has 1 aromatic carbocycles. The van der Waals surface area contributed by atoms with Gasteiger partial charge >= 0.3 is 0 Å². The minimum atomic E-state index is -3.71. The van der Waals surface area contributed by atoms with Crippen LogP contribution in [0.3, 0.4) is 0 Å². The van der Waals surface area contributed by atoms with E-state index in [1.807, 2.05) is 13.8 Å². The predicted octanol–water partition coefficient (Wildman–Crippen LogP) is 2.45. The number of ether oxygens (including phenoxy) is 1. The van der Waals surface area contributed by atoms with Crippen LogP contribution in [-0.2, 0) is 10.0 Å². The van der Waals surface area contributed by atoms with Crippen molar-refractivity contribution in [3.05, 3.63) is 23.8 Å². The topological polar surface area (TPSA) is 66.9 Å². The fourth-order valence-corrected chi connectivity index (χ4v) is 4.20.